The van der Waals surface area contributed by atoms with E-state index in [1.807, 2.05) is 49.1 Å². The maximum absolute atomic E-state index is 12.8. The van der Waals surface area contributed by atoms with E-state index in [1.165, 1.54) is 0 Å². The van der Waals surface area contributed by atoms with Crippen LogP contribution in [0.1, 0.15) is 40.0 Å². The van der Waals surface area contributed by atoms with Crippen LogP contribution in [-0.2, 0) is 11.3 Å². The molecule has 1 aromatic carbocycles. The summed E-state index contributed by atoms with van der Waals surface area (Å²) in [5, 5.41) is 2.95. The van der Waals surface area contributed by atoms with Crippen LogP contribution >= 0.6 is 0 Å². The number of aromatic nitrogens is 1. The molecule has 0 radical (unpaired) electrons. The van der Waals surface area contributed by atoms with Gasteiger partial charge in [-0.1, -0.05) is 23.3 Å². The third-order valence-electron chi connectivity index (χ3n) is 4.72. The Hall–Kier alpha value is -2.69. The topological polar surface area (TPSA) is 62.3 Å². The average molecular weight is 351 g/mol. The molecule has 2 amide bonds. The SMILES string of the molecule is Cc1cc(C)cc(C(=O)N2CCC[C@H](C(=O)NCc3ccccn3)C2)c1. The monoisotopic (exact) mass is 351 g/mol. The Morgan fingerprint density at radius 2 is 1.96 bits per heavy atom. The van der Waals surface area contributed by atoms with Gasteiger partial charge in [0.1, 0.15) is 0 Å². The van der Waals surface area contributed by atoms with Gasteiger partial charge in [0.15, 0.2) is 0 Å². The molecule has 0 bridgehead atoms. The van der Waals surface area contributed by atoms with Gasteiger partial charge in [-0.05, 0) is 51.0 Å². The van der Waals surface area contributed by atoms with Gasteiger partial charge in [0, 0.05) is 24.8 Å². The largest absolute Gasteiger partial charge is 0.350 e. The molecule has 5 nitrogen and oxygen atoms in total. The van der Waals surface area contributed by atoms with Crippen LogP contribution in [0.4, 0.5) is 0 Å². The highest BCUT2D eigenvalue weighted by Gasteiger charge is 2.29. The van der Waals surface area contributed by atoms with Crippen LogP contribution in [0, 0.1) is 19.8 Å². The second-order valence-electron chi connectivity index (χ2n) is 7.01. The van der Waals surface area contributed by atoms with E-state index >= 15 is 0 Å². The highest BCUT2D eigenvalue weighted by Crippen LogP contribution is 2.20. The molecule has 1 atom stereocenters. The first-order valence-electron chi connectivity index (χ1n) is 9.08. The average Bonchev–Trinajstić information content (AvgIpc) is 2.65. The first-order chi connectivity index (χ1) is 12.5. The molecule has 1 aliphatic heterocycles. The standard InChI is InChI=1S/C21H25N3O2/c1-15-10-16(2)12-18(11-15)21(26)24-9-5-6-17(14-24)20(25)23-13-19-7-3-4-8-22-19/h3-4,7-8,10-12,17H,5-6,9,13-14H2,1-2H3,(H,23,25)/t17-/m0/s1. The minimum absolute atomic E-state index is 0.00595. The number of piperidine rings is 1. The summed E-state index contributed by atoms with van der Waals surface area (Å²) in [5.74, 6) is -0.157. The van der Waals surface area contributed by atoms with E-state index in [9.17, 15) is 9.59 Å². The van der Waals surface area contributed by atoms with Gasteiger partial charge in [-0.15, -0.1) is 0 Å². The number of carbonyl (C=O) groups is 2. The molecular weight excluding hydrogens is 326 g/mol. The van der Waals surface area contributed by atoms with Crippen LogP contribution in [0.5, 0.6) is 0 Å². The first-order valence-corrected chi connectivity index (χ1v) is 9.08. The zero-order valence-corrected chi connectivity index (χ0v) is 15.4. The van der Waals surface area contributed by atoms with Crippen LogP contribution in [0.2, 0.25) is 0 Å². The number of rotatable bonds is 4. The summed E-state index contributed by atoms with van der Waals surface area (Å²) in [5.41, 5.74) is 3.70. The predicted molar refractivity (Wildman–Crippen MR) is 101 cm³/mol. The molecule has 1 saturated heterocycles. The zero-order valence-electron chi connectivity index (χ0n) is 15.4. The smallest absolute Gasteiger partial charge is 0.253 e. The molecule has 0 aliphatic carbocycles. The predicted octanol–water partition coefficient (Wildman–Crippen LogP) is 2.87. The molecule has 3 rings (SSSR count). The second-order valence-corrected chi connectivity index (χ2v) is 7.01. The Morgan fingerprint density at radius 3 is 2.65 bits per heavy atom. The van der Waals surface area contributed by atoms with Crippen molar-refractivity contribution in [1.29, 1.82) is 0 Å². The highest BCUT2D eigenvalue weighted by atomic mass is 16.2. The lowest BCUT2D eigenvalue weighted by molar-refractivity contribution is -0.126. The quantitative estimate of drug-likeness (QED) is 0.921. The van der Waals surface area contributed by atoms with Crippen molar-refractivity contribution < 1.29 is 9.59 Å². The summed E-state index contributed by atoms with van der Waals surface area (Å²) in [6.07, 6.45) is 3.37. The molecule has 1 aliphatic rings. The van der Waals surface area contributed by atoms with Crippen molar-refractivity contribution in [2.45, 2.75) is 33.2 Å². The van der Waals surface area contributed by atoms with Crippen LogP contribution < -0.4 is 5.32 Å². The number of aryl methyl sites for hydroxylation is 2. The molecule has 0 unspecified atom stereocenters. The van der Waals surface area contributed by atoms with Crippen molar-refractivity contribution in [3.8, 4) is 0 Å². The van der Waals surface area contributed by atoms with Crippen LogP contribution in [0.3, 0.4) is 0 Å². The van der Waals surface area contributed by atoms with Gasteiger partial charge in [0.05, 0.1) is 18.2 Å². The van der Waals surface area contributed by atoms with Crippen molar-refractivity contribution in [3.05, 3.63) is 65.0 Å². The Labute approximate surface area is 154 Å². The summed E-state index contributed by atoms with van der Waals surface area (Å²) in [6.45, 7) is 5.58. The number of likely N-dealkylation sites (tertiary alicyclic amines) is 1. The first kappa shape index (κ1) is 18.1. The Morgan fingerprint density at radius 1 is 1.19 bits per heavy atom. The van der Waals surface area contributed by atoms with E-state index in [0.717, 1.165) is 29.7 Å². The summed E-state index contributed by atoms with van der Waals surface area (Å²) in [6, 6.07) is 11.5. The molecule has 0 spiro atoms. The van der Waals surface area contributed by atoms with Gasteiger partial charge in [0.2, 0.25) is 5.91 Å². The van der Waals surface area contributed by atoms with Gasteiger partial charge >= 0.3 is 0 Å². The molecule has 26 heavy (non-hydrogen) atoms. The Kier molecular flexibility index (Phi) is 5.66. The third-order valence-corrected chi connectivity index (χ3v) is 4.72. The minimum atomic E-state index is -0.165. The van der Waals surface area contributed by atoms with Crippen LogP contribution in [0.15, 0.2) is 42.6 Å². The fourth-order valence-electron chi connectivity index (χ4n) is 3.48. The van der Waals surface area contributed by atoms with E-state index in [4.69, 9.17) is 0 Å². The van der Waals surface area contributed by atoms with E-state index < -0.39 is 0 Å². The lowest BCUT2D eigenvalue weighted by atomic mass is 9.96. The van der Waals surface area contributed by atoms with E-state index in [-0.39, 0.29) is 17.7 Å². The molecular formula is C21H25N3O2. The molecule has 1 N–H and O–H groups in total. The van der Waals surface area contributed by atoms with Gasteiger partial charge in [-0.2, -0.15) is 0 Å². The zero-order chi connectivity index (χ0) is 18.5. The molecule has 5 heteroatoms. The van der Waals surface area contributed by atoms with E-state index in [0.29, 0.717) is 25.2 Å². The molecule has 1 fully saturated rings. The maximum atomic E-state index is 12.8. The number of nitrogens with zero attached hydrogens (tertiary/aromatic N) is 2. The fraction of sp³-hybridized carbons (Fsp3) is 0.381. The van der Waals surface area contributed by atoms with Crippen molar-refractivity contribution in [2.75, 3.05) is 13.1 Å². The summed E-state index contributed by atoms with van der Waals surface area (Å²) in [7, 11) is 0. The molecule has 0 saturated carbocycles. The van der Waals surface area contributed by atoms with Gasteiger partial charge in [-0.3, -0.25) is 14.6 Å². The number of hydrogen-bond donors (Lipinski definition) is 1. The van der Waals surface area contributed by atoms with Gasteiger partial charge in [0.25, 0.3) is 5.91 Å². The summed E-state index contributed by atoms with van der Waals surface area (Å²) in [4.78, 5) is 31.4. The maximum Gasteiger partial charge on any atom is 0.253 e. The van der Waals surface area contributed by atoms with Crippen LogP contribution in [-0.4, -0.2) is 34.8 Å². The van der Waals surface area contributed by atoms with Crippen molar-refractivity contribution >= 4 is 11.8 Å². The number of carbonyl (C=O) groups excluding carboxylic acids is 2. The van der Waals surface area contributed by atoms with E-state index in [1.54, 1.807) is 6.20 Å². The molecule has 1 aromatic heterocycles. The number of pyridine rings is 1. The second kappa shape index (κ2) is 8.13. The normalized spacial score (nSPS) is 17.0. The van der Waals surface area contributed by atoms with E-state index in [2.05, 4.69) is 16.4 Å². The molecule has 136 valence electrons. The summed E-state index contributed by atoms with van der Waals surface area (Å²) < 4.78 is 0. The lowest BCUT2D eigenvalue weighted by Crippen LogP contribution is -2.45. The lowest BCUT2D eigenvalue weighted by Gasteiger charge is -2.32. The van der Waals surface area contributed by atoms with Crippen LogP contribution in [0.25, 0.3) is 0 Å². The highest BCUT2D eigenvalue weighted by molar-refractivity contribution is 5.95. The minimum Gasteiger partial charge on any atom is -0.350 e. The fourth-order valence-corrected chi connectivity index (χ4v) is 3.48. The Balaban J connectivity index is 1.61. The van der Waals surface area contributed by atoms with Crippen molar-refractivity contribution in [1.82, 2.24) is 15.2 Å². The number of benzene rings is 1. The Bertz CT molecular complexity index is 769. The molecule has 2 heterocycles. The van der Waals surface area contributed by atoms with Gasteiger partial charge in [-0.25, -0.2) is 0 Å². The van der Waals surface area contributed by atoms with Crippen molar-refractivity contribution in [3.63, 3.8) is 0 Å². The number of amides is 2. The number of hydrogen-bond acceptors (Lipinski definition) is 3. The molecule has 2 aromatic rings. The third kappa shape index (κ3) is 4.48. The summed E-state index contributed by atoms with van der Waals surface area (Å²) >= 11 is 0. The van der Waals surface area contributed by atoms with Crippen molar-refractivity contribution in [2.24, 2.45) is 5.92 Å². The number of nitrogens with one attached hydrogen (secondary N) is 1. The van der Waals surface area contributed by atoms with Gasteiger partial charge < -0.3 is 10.2 Å².